The first-order valence-electron chi connectivity index (χ1n) is 11.1. The van der Waals surface area contributed by atoms with Crippen LogP contribution < -0.4 is 31.6 Å². The molecule has 0 unspecified atom stereocenters. The Kier molecular flexibility index (Phi) is 7.44. The summed E-state index contributed by atoms with van der Waals surface area (Å²) in [6.45, 7) is 1.78. The summed E-state index contributed by atoms with van der Waals surface area (Å²) in [7, 11) is 3.04. The molecule has 0 aliphatic heterocycles. The number of nitrogens with two attached hydrogens (primary N) is 2. The number of carbonyl (C=O) groups excluding carboxylic acids is 1. The number of methoxy groups -OCH3 is 2. The average Bonchev–Trinajstić information content (AvgIpc) is 3.43. The van der Waals surface area contributed by atoms with E-state index in [1.54, 1.807) is 38.4 Å². The second kappa shape index (κ2) is 10.9. The third-order valence-corrected chi connectivity index (χ3v) is 5.49. The smallest absolute Gasteiger partial charge is 0.252 e. The first kappa shape index (κ1) is 25.3. The molecule has 0 aliphatic rings. The zero-order chi connectivity index (χ0) is 26.5. The van der Waals surface area contributed by atoms with E-state index in [4.69, 9.17) is 20.9 Å². The van der Waals surface area contributed by atoms with E-state index in [0.717, 1.165) is 11.6 Å². The van der Waals surface area contributed by atoms with Crippen LogP contribution in [0, 0.1) is 5.82 Å². The van der Waals surface area contributed by atoms with Gasteiger partial charge in [-0.05, 0) is 36.8 Å². The van der Waals surface area contributed by atoms with Gasteiger partial charge in [-0.2, -0.15) is 0 Å². The summed E-state index contributed by atoms with van der Waals surface area (Å²) in [4.78, 5) is 20.7. The lowest BCUT2D eigenvalue weighted by molar-refractivity contribution is 0.100. The van der Waals surface area contributed by atoms with E-state index in [9.17, 15) is 4.79 Å². The molecule has 3 heterocycles. The third kappa shape index (κ3) is 5.56. The molecule has 192 valence electrons. The van der Waals surface area contributed by atoms with Gasteiger partial charge in [0.25, 0.3) is 5.91 Å². The number of carbonyl (C=O) groups is 1. The second-order valence-electron chi connectivity index (χ2n) is 8.06. The van der Waals surface area contributed by atoms with Gasteiger partial charge in [0.05, 0.1) is 50.1 Å². The van der Waals surface area contributed by atoms with Crippen molar-refractivity contribution >= 4 is 23.2 Å². The third-order valence-electron chi connectivity index (χ3n) is 5.49. The highest BCUT2D eigenvalue weighted by molar-refractivity contribution is 5.98. The van der Waals surface area contributed by atoms with Crippen LogP contribution in [0.15, 0.2) is 55.0 Å². The molecular weight excluding hydrogens is 481 g/mol. The Morgan fingerprint density at radius 3 is 2.49 bits per heavy atom. The van der Waals surface area contributed by atoms with E-state index < -0.39 is 23.8 Å². The monoisotopic (exact) mass is 507 g/mol. The molecular formula is C24H26FN9O3. The summed E-state index contributed by atoms with van der Waals surface area (Å²) < 4.78 is 27.0. The molecule has 37 heavy (non-hydrogen) atoms. The molecule has 1 aromatic carbocycles. The molecule has 0 bridgehead atoms. The van der Waals surface area contributed by atoms with Crippen LogP contribution in [-0.4, -0.2) is 51.1 Å². The largest absolute Gasteiger partial charge is 0.497 e. The fourth-order valence-electron chi connectivity index (χ4n) is 3.65. The minimum absolute atomic E-state index is 0.0195. The molecule has 13 heteroatoms. The van der Waals surface area contributed by atoms with Crippen LogP contribution in [0.25, 0.3) is 5.69 Å². The highest BCUT2D eigenvalue weighted by Crippen LogP contribution is 2.30. The number of benzene rings is 1. The Morgan fingerprint density at radius 1 is 1.14 bits per heavy atom. The maximum atomic E-state index is 15.1. The lowest BCUT2D eigenvalue weighted by Gasteiger charge is -2.24. The number of anilines is 3. The zero-order valence-corrected chi connectivity index (χ0v) is 20.3. The van der Waals surface area contributed by atoms with Crippen molar-refractivity contribution in [2.24, 2.45) is 11.5 Å². The lowest BCUT2D eigenvalue weighted by atomic mass is 10.0. The van der Waals surface area contributed by atoms with Crippen molar-refractivity contribution in [2.75, 3.05) is 24.9 Å². The van der Waals surface area contributed by atoms with E-state index in [2.05, 4.69) is 30.9 Å². The number of nitrogens with zero attached hydrogens (tertiary/aromatic N) is 5. The van der Waals surface area contributed by atoms with Gasteiger partial charge >= 0.3 is 0 Å². The summed E-state index contributed by atoms with van der Waals surface area (Å²) in [5.74, 6) is -0.770. The average molecular weight is 508 g/mol. The molecule has 4 aromatic rings. The van der Waals surface area contributed by atoms with Crippen LogP contribution >= 0.6 is 0 Å². The van der Waals surface area contributed by atoms with E-state index in [-0.39, 0.29) is 17.2 Å². The van der Waals surface area contributed by atoms with Crippen molar-refractivity contribution in [2.45, 2.75) is 19.0 Å². The van der Waals surface area contributed by atoms with Gasteiger partial charge in [0.1, 0.15) is 17.3 Å². The van der Waals surface area contributed by atoms with Gasteiger partial charge < -0.3 is 31.6 Å². The standard InChI is InChI=1S/C24H26FN9O3/c1-13(26)20(14-4-6-16(36-2)7-5-14)31-23-18(25)11-17(21(27)35)22(32-23)30-15-10-19(24(37-3)28-12-15)34-9-8-29-33-34/h4-13,20H,26H2,1-3H3,(H2,27,35)(H2,30,31,32)/t13-,20-/m0/s1. The highest BCUT2D eigenvalue weighted by atomic mass is 19.1. The predicted octanol–water partition coefficient (Wildman–Crippen LogP) is 2.56. The topological polar surface area (TPSA) is 168 Å². The maximum Gasteiger partial charge on any atom is 0.252 e. The molecule has 12 nitrogen and oxygen atoms in total. The number of primary amides is 1. The molecule has 0 fully saturated rings. The quantitative estimate of drug-likeness (QED) is 0.250. The van der Waals surface area contributed by atoms with Crippen molar-refractivity contribution in [3.8, 4) is 17.3 Å². The summed E-state index contributed by atoms with van der Waals surface area (Å²) in [5, 5.41) is 13.8. The fraction of sp³-hybridized carbons (Fsp3) is 0.208. The minimum atomic E-state index is -0.864. The van der Waals surface area contributed by atoms with Gasteiger partial charge in [-0.3, -0.25) is 4.79 Å². The normalized spacial score (nSPS) is 12.5. The summed E-state index contributed by atoms with van der Waals surface area (Å²) in [5.41, 5.74) is 13.2. The Bertz CT molecular complexity index is 1380. The van der Waals surface area contributed by atoms with E-state index in [1.165, 1.54) is 24.2 Å². The minimum Gasteiger partial charge on any atom is -0.497 e. The Balaban J connectivity index is 1.70. The SMILES string of the molecule is COc1ccc([C@@H](Nc2nc(Nc3cnc(OC)c(-n4ccnn4)c3)c(C(N)=O)cc2F)[C@H](C)N)cc1. The molecule has 2 atom stereocenters. The van der Waals surface area contributed by atoms with E-state index in [0.29, 0.717) is 23.0 Å². The molecule has 0 saturated carbocycles. The Labute approximate surface area is 211 Å². The van der Waals surface area contributed by atoms with Gasteiger partial charge in [-0.25, -0.2) is 19.0 Å². The van der Waals surface area contributed by atoms with Gasteiger partial charge in [0.15, 0.2) is 11.6 Å². The Hall–Kier alpha value is -4.78. The first-order valence-corrected chi connectivity index (χ1v) is 11.1. The first-order chi connectivity index (χ1) is 17.8. The van der Waals surface area contributed by atoms with Gasteiger partial charge in [0, 0.05) is 6.04 Å². The summed E-state index contributed by atoms with van der Waals surface area (Å²) in [6, 6.07) is 8.96. The van der Waals surface area contributed by atoms with E-state index in [1.807, 2.05) is 12.1 Å². The maximum absolute atomic E-state index is 15.1. The number of halogens is 1. The molecule has 0 spiro atoms. The Morgan fingerprint density at radius 2 is 1.89 bits per heavy atom. The van der Waals surface area contributed by atoms with Crippen LogP contribution in [0.5, 0.6) is 11.6 Å². The molecule has 0 aliphatic carbocycles. The zero-order valence-electron chi connectivity index (χ0n) is 20.3. The van der Waals surface area contributed by atoms with Crippen LogP contribution in [-0.2, 0) is 0 Å². The fourth-order valence-corrected chi connectivity index (χ4v) is 3.65. The van der Waals surface area contributed by atoms with Crippen molar-refractivity contribution < 1.29 is 18.7 Å². The van der Waals surface area contributed by atoms with Crippen LogP contribution in [0.2, 0.25) is 0 Å². The summed E-state index contributed by atoms with van der Waals surface area (Å²) in [6.07, 6.45) is 4.58. The second-order valence-corrected chi connectivity index (χ2v) is 8.06. The van der Waals surface area contributed by atoms with Crippen LogP contribution in [0.3, 0.4) is 0 Å². The van der Waals surface area contributed by atoms with E-state index >= 15 is 4.39 Å². The number of nitrogens with one attached hydrogen (secondary N) is 2. The van der Waals surface area contributed by atoms with Crippen molar-refractivity contribution in [3.05, 3.63) is 71.9 Å². The molecule has 3 aromatic heterocycles. The highest BCUT2D eigenvalue weighted by Gasteiger charge is 2.22. The number of rotatable bonds is 10. The molecule has 0 radical (unpaired) electrons. The van der Waals surface area contributed by atoms with Crippen LogP contribution in [0.1, 0.15) is 28.9 Å². The van der Waals surface area contributed by atoms with Gasteiger partial charge in [0.2, 0.25) is 5.88 Å². The summed E-state index contributed by atoms with van der Waals surface area (Å²) >= 11 is 0. The van der Waals surface area contributed by atoms with Crippen LogP contribution in [0.4, 0.5) is 21.7 Å². The van der Waals surface area contributed by atoms with Crippen molar-refractivity contribution in [1.82, 2.24) is 25.0 Å². The number of hydrogen-bond donors (Lipinski definition) is 4. The number of ether oxygens (including phenoxy) is 2. The number of hydrogen-bond acceptors (Lipinski definition) is 10. The molecule has 4 rings (SSSR count). The predicted molar refractivity (Wildman–Crippen MR) is 135 cm³/mol. The number of pyridine rings is 2. The number of amides is 1. The van der Waals surface area contributed by atoms with Crippen molar-refractivity contribution in [1.29, 1.82) is 0 Å². The molecule has 6 N–H and O–H groups in total. The molecule has 0 saturated heterocycles. The van der Waals surface area contributed by atoms with Gasteiger partial charge in [-0.1, -0.05) is 17.3 Å². The lowest BCUT2D eigenvalue weighted by Crippen LogP contribution is -2.31. The number of aromatic nitrogens is 5. The van der Waals surface area contributed by atoms with Crippen molar-refractivity contribution in [3.63, 3.8) is 0 Å². The molecule has 1 amide bonds. The van der Waals surface area contributed by atoms with Gasteiger partial charge in [-0.15, -0.1) is 5.10 Å².